The predicted octanol–water partition coefficient (Wildman–Crippen LogP) is 8.02. The third-order valence-corrected chi connectivity index (χ3v) is 8.82. The molecule has 4 atom stereocenters. The van der Waals surface area contributed by atoms with E-state index in [-0.39, 0.29) is 0 Å². The van der Waals surface area contributed by atoms with Gasteiger partial charge < -0.3 is 14.5 Å². The first-order valence-electron chi connectivity index (χ1n) is 13.9. The molecule has 1 aromatic carbocycles. The summed E-state index contributed by atoms with van der Waals surface area (Å²) >= 11 is 0. The van der Waals surface area contributed by atoms with Gasteiger partial charge in [0.05, 0.1) is 12.3 Å². The molecule has 2 bridgehead atoms. The van der Waals surface area contributed by atoms with Crippen LogP contribution in [0.2, 0.25) is 0 Å². The Morgan fingerprint density at radius 2 is 1.71 bits per heavy atom. The lowest BCUT2D eigenvalue weighted by Gasteiger charge is -2.62. The zero-order valence-corrected chi connectivity index (χ0v) is 21.9. The Hall–Kier alpha value is -1.81. The second-order valence-electron chi connectivity index (χ2n) is 11.4. The van der Waals surface area contributed by atoms with Gasteiger partial charge in [-0.2, -0.15) is 0 Å². The lowest BCUT2D eigenvalue weighted by atomic mass is 9.45. The van der Waals surface area contributed by atoms with Crippen molar-refractivity contribution in [2.45, 2.75) is 104 Å². The molecule has 3 aliphatic carbocycles. The molecular weight excluding hydrogens is 420 g/mol. The van der Waals surface area contributed by atoms with E-state index in [9.17, 15) is 0 Å². The summed E-state index contributed by atoms with van der Waals surface area (Å²) in [6.07, 6.45) is 15.1. The summed E-state index contributed by atoms with van der Waals surface area (Å²) in [7, 11) is 0. The molecule has 1 aromatic heterocycles. The van der Waals surface area contributed by atoms with E-state index in [1.54, 1.807) is 6.26 Å². The van der Waals surface area contributed by atoms with Crippen molar-refractivity contribution < 1.29 is 9.15 Å². The number of nitrogens with one attached hydrogen (secondary N) is 1. The number of aromatic nitrogens is 1. The number of nitrogens with zero attached hydrogens (tertiary/aromatic N) is 1. The summed E-state index contributed by atoms with van der Waals surface area (Å²) in [6, 6.07) is 8.74. The van der Waals surface area contributed by atoms with Crippen molar-refractivity contribution in [1.82, 2.24) is 10.3 Å². The SMILES string of the molecule is CCCCCCCCCCOc1ccc(-c2nc(CN[C@@H]3C[C@@H]4C[C@H]([C@H]3C)C4(C)C)co2)cc1. The molecule has 5 rings (SSSR count). The molecule has 2 aromatic rings. The molecule has 1 N–H and O–H groups in total. The minimum Gasteiger partial charge on any atom is -0.494 e. The Morgan fingerprint density at radius 1 is 1.00 bits per heavy atom. The van der Waals surface area contributed by atoms with Gasteiger partial charge in [-0.1, -0.05) is 72.6 Å². The lowest BCUT2D eigenvalue weighted by molar-refractivity contribution is -0.115. The van der Waals surface area contributed by atoms with Crippen LogP contribution >= 0.6 is 0 Å². The number of oxazole rings is 1. The highest BCUT2D eigenvalue weighted by Crippen LogP contribution is 2.61. The van der Waals surface area contributed by atoms with Gasteiger partial charge in [0.15, 0.2) is 0 Å². The Kier molecular flexibility index (Phi) is 8.74. The first-order valence-corrected chi connectivity index (χ1v) is 13.9. The topological polar surface area (TPSA) is 47.3 Å². The summed E-state index contributed by atoms with van der Waals surface area (Å²) in [5.74, 6) is 4.06. The van der Waals surface area contributed by atoms with Crippen LogP contribution in [0.25, 0.3) is 11.5 Å². The van der Waals surface area contributed by atoms with E-state index in [0.29, 0.717) is 17.3 Å². The first kappa shape index (κ1) is 25.3. The first-order chi connectivity index (χ1) is 16.5. The van der Waals surface area contributed by atoms with Crippen LogP contribution in [0.15, 0.2) is 34.9 Å². The van der Waals surface area contributed by atoms with Gasteiger partial charge in [0.1, 0.15) is 12.0 Å². The van der Waals surface area contributed by atoms with Crippen molar-refractivity contribution in [2.75, 3.05) is 6.61 Å². The van der Waals surface area contributed by atoms with Crippen LogP contribution in [0.1, 0.15) is 97.6 Å². The molecule has 3 aliphatic rings. The number of unbranched alkanes of at least 4 members (excludes halogenated alkanes) is 7. The Bertz CT molecular complexity index is 872. The summed E-state index contributed by atoms with van der Waals surface area (Å²) in [4.78, 5) is 4.73. The average molecular weight is 467 g/mol. The van der Waals surface area contributed by atoms with E-state index >= 15 is 0 Å². The summed E-state index contributed by atoms with van der Waals surface area (Å²) in [6.45, 7) is 11.2. The molecule has 188 valence electrons. The van der Waals surface area contributed by atoms with E-state index in [1.807, 2.05) is 24.3 Å². The molecule has 4 nitrogen and oxygen atoms in total. The predicted molar refractivity (Wildman–Crippen MR) is 140 cm³/mol. The van der Waals surface area contributed by atoms with Crippen molar-refractivity contribution in [3.8, 4) is 17.2 Å². The largest absolute Gasteiger partial charge is 0.494 e. The zero-order chi connectivity index (χ0) is 24.0. The van der Waals surface area contributed by atoms with Crippen LogP contribution in [-0.4, -0.2) is 17.6 Å². The molecule has 0 spiro atoms. The van der Waals surface area contributed by atoms with Crippen LogP contribution in [0.4, 0.5) is 0 Å². The van der Waals surface area contributed by atoms with Crippen LogP contribution in [0, 0.1) is 23.2 Å². The van der Waals surface area contributed by atoms with Gasteiger partial charge in [0.25, 0.3) is 0 Å². The van der Waals surface area contributed by atoms with E-state index in [1.165, 1.54) is 57.8 Å². The Labute approximate surface area is 207 Å². The monoisotopic (exact) mass is 466 g/mol. The molecule has 3 saturated carbocycles. The molecule has 1 heterocycles. The molecule has 34 heavy (non-hydrogen) atoms. The van der Waals surface area contributed by atoms with Gasteiger partial charge in [-0.25, -0.2) is 4.98 Å². The fourth-order valence-electron chi connectivity index (χ4n) is 6.30. The smallest absolute Gasteiger partial charge is 0.226 e. The number of benzene rings is 1. The number of ether oxygens (including phenoxy) is 1. The number of hydrogen-bond acceptors (Lipinski definition) is 4. The molecule has 0 amide bonds. The van der Waals surface area contributed by atoms with Crippen molar-refractivity contribution >= 4 is 0 Å². The normalized spacial score (nSPS) is 25.2. The van der Waals surface area contributed by atoms with Crippen molar-refractivity contribution in [3.05, 3.63) is 36.2 Å². The summed E-state index contributed by atoms with van der Waals surface area (Å²) < 4.78 is 11.7. The number of rotatable bonds is 14. The third-order valence-electron chi connectivity index (χ3n) is 8.82. The van der Waals surface area contributed by atoms with Crippen LogP contribution in [-0.2, 0) is 6.54 Å². The highest BCUT2D eigenvalue weighted by atomic mass is 16.5. The highest BCUT2D eigenvalue weighted by Gasteiger charge is 2.55. The van der Waals surface area contributed by atoms with Gasteiger partial charge in [-0.05, 0) is 66.7 Å². The Balaban J connectivity index is 1.16. The summed E-state index contributed by atoms with van der Waals surface area (Å²) in [5.41, 5.74) is 2.51. The molecule has 0 saturated heterocycles. The van der Waals surface area contributed by atoms with E-state index in [0.717, 1.165) is 54.3 Å². The lowest BCUT2D eigenvalue weighted by Crippen LogP contribution is -2.59. The second-order valence-corrected chi connectivity index (χ2v) is 11.4. The number of fused-ring (bicyclic) bond motifs is 2. The maximum atomic E-state index is 5.93. The fraction of sp³-hybridized carbons (Fsp3) is 0.700. The molecule has 4 heteroatoms. The van der Waals surface area contributed by atoms with Crippen LogP contribution in [0.5, 0.6) is 5.75 Å². The average Bonchev–Trinajstić information content (AvgIpc) is 3.31. The maximum Gasteiger partial charge on any atom is 0.226 e. The minimum atomic E-state index is 0.530. The third kappa shape index (κ3) is 6.05. The van der Waals surface area contributed by atoms with Crippen LogP contribution in [0.3, 0.4) is 0 Å². The van der Waals surface area contributed by atoms with Gasteiger partial charge >= 0.3 is 0 Å². The van der Waals surface area contributed by atoms with Gasteiger partial charge in [-0.3, -0.25) is 0 Å². The summed E-state index contributed by atoms with van der Waals surface area (Å²) in [5, 5.41) is 3.77. The van der Waals surface area contributed by atoms with E-state index < -0.39 is 0 Å². The standard InChI is InChI=1S/C30H46N2O2/c1-5-6-7-8-9-10-11-12-17-33-26-15-13-23(14-16-26)29-32-25(21-34-29)20-31-28-19-24-18-27(22(28)2)30(24,3)4/h13-16,21-22,24,27-28,31H,5-12,17-20H2,1-4H3/t22-,24+,27-,28-/m1/s1. The second kappa shape index (κ2) is 11.7. The molecular formula is C30H46N2O2. The quantitative estimate of drug-likeness (QED) is 0.286. The van der Waals surface area contributed by atoms with E-state index in [4.69, 9.17) is 14.1 Å². The fourth-order valence-corrected chi connectivity index (χ4v) is 6.30. The minimum absolute atomic E-state index is 0.530. The Morgan fingerprint density at radius 3 is 2.38 bits per heavy atom. The van der Waals surface area contributed by atoms with Crippen LogP contribution < -0.4 is 10.1 Å². The molecule has 0 radical (unpaired) electrons. The molecule has 0 unspecified atom stereocenters. The highest BCUT2D eigenvalue weighted by molar-refractivity contribution is 5.54. The van der Waals surface area contributed by atoms with Crippen molar-refractivity contribution in [2.24, 2.45) is 23.2 Å². The van der Waals surface area contributed by atoms with Gasteiger partial charge in [-0.15, -0.1) is 0 Å². The maximum absolute atomic E-state index is 5.93. The molecule has 3 fully saturated rings. The molecule has 0 aliphatic heterocycles. The van der Waals surface area contributed by atoms with Gasteiger partial charge in [0.2, 0.25) is 5.89 Å². The van der Waals surface area contributed by atoms with E-state index in [2.05, 4.69) is 33.0 Å². The number of hydrogen-bond donors (Lipinski definition) is 1. The van der Waals surface area contributed by atoms with Crippen molar-refractivity contribution in [3.63, 3.8) is 0 Å². The van der Waals surface area contributed by atoms with Gasteiger partial charge in [0, 0.05) is 18.2 Å². The zero-order valence-electron chi connectivity index (χ0n) is 21.9. The van der Waals surface area contributed by atoms with Crippen molar-refractivity contribution in [1.29, 1.82) is 0 Å².